The third kappa shape index (κ3) is 6.92. The maximum Gasteiger partial charge on any atom is 0.328 e. The molecule has 1 unspecified atom stereocenters. The van der Waals surface area contributed by atoms with Gasteiger partial charge in [0.15, 0.2) is 0 Å². The van der Waals surface area contributed by atoms with Crippen molar-refractivity contribution in [2.75, 3.05) is 17.2 Å². The Labute approximate surface area is 243 Å². The van der Waals surface area contributed by atoms with Crippen molar-refractivity contribution in [2.45, 2.75) is 45.3 Å². The molecule has 1 aliphatic rings. The molecule has 6 amide bonds. The second kappa shape index (κ2) is 12.5. The molecule has 0 bridgehead atoms. The van der Waals surface area contributed by atoms with Crippen LogP contribution in [0.1, 0.15) is 43.0 Å². The maximum atomic E-state index is 13.3. The minimum Gasteiger partial charge on any atom is -0.481 e. The molecule has 11 nitrogen and oxygen atoms in total. The molecular weight excluding hydrogens is 538 g/mol. The van der Waals surface area contributed by atoms with Crippen LogP contribution in [0.5, 0.6) is 0 Å². The van der Waals surface area contributed by atoms with Gasteiger partial charge < -0.3 is 26.0 Å². The van der Waals surface area contributed by atoms with Crippen molar-refractivity contribution < 1.29 is 29.1 Å². The largest absolute Gasteiger partial charge is 0.481 e. The summed E-state index contributed by atoms with van der Waals surface area (Å²) in [5.74, 6) is -2.29. The number of nitrogens with one attached hydrogen (secondary N) is 3. The third-order valence-corrected chi connectivity index (χ3v) is 7.07. The fourth-order valence-electron chi connectivity index (χ4n) is 4.69. The zero-order chi connectivity index (χ0) is 30.4. The molecule has 0 spiro atoms. The number of carbonyl (C=O) groups excluding carboxylic acids is 4. The normalized spacial score (nSPS) is 14.8. The number of carbonyl (C=O) groups is 5. The summed E-state index contributed by atoms with van der Waals surface area (Å²) in [6.07, 6.45) is -0.353. The van der Waals surface area contributed by atoms with Crippen LogP contribution < -0.4 is 16.0 Å². The fraction of sp³-hybridized carbons (Fsp3) is 0.258. The molecule has 0 radical (unpaired) electrons. The quantitative estimate of drug-likeness (QED) is 0.263. The molecule has 42 heavy (non-hydrogen) atoms. The van der Waals surface area contributed by atoms with Crippen molar-refractivity contribution in [3.8, 4) is 0 Å². The molecule has 4 N–H and O–H groups in total. The van der Waals surface area contributed by atoms with Crippen molar-refractivity contribution in [2.24, 2.45) is 0 Å². The van der Waals surface area contributed by atoms with E-state index in [0.29, 0.717) is 22.5 Å². The average Bonchev–Trinajstić information content (AvgIpc) is 3.10. The lowest BCUT2D eigenvalue weighted by molar-refractivity contribution is -0.138. The number of carboxylic acids is 1. The number of carboxylic acid groups (broad SMARTS) is 1. The fourth-order valence-corrected chi connectivity index (χ4v) is 4.69. The minimum atomic E-state index is -1.22. The molecule has 0 aromatic heterocycles. The smallest absolute Gasteiger partial charge is 0.328 e. The molecule has 1 aliphatic heterocycles. The Morgan fingerprint density at radius 3 is 2.17 bits per heavy atom. The maximum absolute atomic E-state index is 13.3. The van der Waals surface area contributed by atoms with Crippen molar-refractivity contribution in [1.82, 2.24) is 15.1 Å². The van der Waals surface area contributed by atoms with Crippen LogP contribution in [0, 0.1) is 6.92 Å². The van der Waals surface area contributed by atoms with Crippen LogP contribution in [-0.2, 0) is 20.9 Å². The standard InChI is InChI=1S/C31H33N5O6/c1-20-9-7-8-12-24(20)34-29(41)32-23-15-13-21(14-16-23)18-36-30(42)35(28(40)31(36,2)3)19-26(37)33-25(17-27(38)39)22-10-5-4-6-11-22/h4-16,25H,17-19H2,1-3H3,(H,33,37)(H,38,39)(H2,32,34,41). The summed E-state index contributed by atoms with van der Waals surface area (Å²) in [6, 6.07) is 21.1. The van der Waals surface area contributed by atoms with Crippen molar-refractivity contribution in [3.63, 3.8) is 0 Å². The van der Waals surface area contributed by atoms with E-state index in [0.717, 1.165) is 10.5 Å². The van der Waals surface area contributed by atoms with Gasteiger partial charge in [-0.25, -0.2) is 9.59 Å². The number of imide groups is 1. The van der Waals surface area contributed by atoms with Gasteiger partial charge in [0, 0.05) is 17.9 Å². The van der Waals surface area contributed by atoms with Gasteiger partial charge in [-0.3, -0.25) is 19.3 Å². The Bertz CT molecular complexity index is 1490. The monoisotopic (exact) mass is 571 g/mol. The van der Waals surface area contributed by atoms with Gasteiger partial charge in [0.05, 0.1) is 12.5 Å². The van der Waals surface area contributed by atoms with E-state index in [1.165, 1.54) is 4.90 Å². The number of nitrogens with zero attached hydrogens (tertiary/aromatic N) is 2. The van der Waals surface area contributed by atoms with Gasteiger partial charge in [-0.15, -0.1) is 0 Å². The first-order valence-corrected chi connectivity index (χ1v) is 13.4. The van der Waals surface area contributed by atoms with Crippen LogP contribution in [0.2, 0.25) is 0 Å². The van der Waals surface area contributed by atoms with Gasteiger partial charge in [0.2, 0.25) is 5.91 Å². The Balaban J connectivity index is 1.39. The topological polar surface area (TPSA) is 148 Å². The van der Waals surface area contributed by atoms with Gasteiger partial charge in [-0.2, -0.15) is 0 Å². The van der Waals surface area contributed by atoms with E-state index in [1.54, 1.807) is 74.5 Å². The summed E-state index contributed by atoms with van der Waals surface area (Å²) in [5.41, 5.74) is 2.26. The van der Waals surface area contributed by atoms with E-state index >= 15 is 0 Å². The number of rotatable bonds is 10. The number of aryl methyl sites for hydroxylation is 1. The second-order valence-electron chi connectivity index (χ2n) is 10.5. The number of hydrogen-bond acceptors (Lipinski definition) is 5. The highest BCUT2D eigenvalue weighted by molar-refractivity contribution is 6.08. The van der Waals surface area contributed by atoms with Crippen LogP contribution in [0.25, 0.3) is 0 Å². The molecular formula is C31H33N5O6. The molecule has 4 rings (SSSR count). The summed E-state index contributed by atoms with van der Waals surface area (Å²) in [7, 11) is 0. The Morgan fingerprint density at radius 2 is 1.52 bits per heavy atom. The average molecular weight is 572 g/mol. The van der Waals surface area contributed by atoms with E-state index in [-0.39, 0.29) is 13.0 Å². The first-order chi connectivity index (χ1) is 20.0. The lowest BCUT2D eigenvalue weighted by Gasteiger charge is -2.27. The Hall–Kier alpha value is -5.19. The highest BCUT2D eigenvalue weighted by Gasteiger charge is 2.51. The van der Waals surface area contributed by atoms with Gasteiger partial charge in [-0.05, 0) is 55.7 Å². The van der Waals surface area contributed by atoms with E-state index < -0.39 is 48.0 Å². The summed E-state index contributed by atoms with van der Waals surface area (Å²) < 4.78 is 0. The van der Waals surface area contributed by atoms with Crippen LogP contribution >= 0.6 is 0 Å². The summed E-state index contributed by atoms with van der Waals surface area (Å²) in [6.45, 7) is 4.66. The molecule has 3 aromatic carbocycles. The van der Waals surface area contributed by atoms with Crippen LogP contribution in [-0.4, -0.2) is 56.8 Å². The van der Waals surface area contributed by atoms with Gasteiger partial charge in [0.1, 0.15) is 12.1 Å². The molecule has 1 atom stereocenters. The lowest BCUT2D eigenvalue weighted by Crippen LogP contribution is -2.44. The van der Waals surface area contributed by atoms with Gasteiger partial charge in [0.25, 0.3) is 5.91 Å². The SMILES string of the molecule is Cc1ccccc1NC(=O)Nc1ccc(CN2C(=O)N(CC(=O)NC(CC(=O)O)c3ccccc3)C(=O)C2(C)C)cc1. The molecule has 0 saturated carbocycles. The van der Waals surface area contributed by atoms with Crippen LogP contribution in [0.4, 0.5) is 21.0 Å². The first kappa shape index (κ1) is 29.8. The second-order valence-corrected chi connectivity index (χ2v) is 10.5. The van der Waals surface area contributed by atoms with Crippen molar-refractivity contribution in [1.29, 1.82) is 0 Å². The molecule has 11 heteroatoms. The summed E-state index contributed by atoms with van der Waals surface area (Å²) in [5, 5.41) is 17.5. The number of para-hydroxylation sites is 1. The first-order valence-electron chi connectivity index (χ1n) is 13.4. The number of benzene rings is 3. The highest BCUT2D eigenvalue weighted by Crippen LogP contribution is 2.30. The molecule has 0 aliphatic carbocycles. The van der Waals surface area contributed by atoms with Gasteiger partial charge in [-0.1, -0.05) is 60.7 Å². The molecule has 1 fully saturated rings. The Morgan fingerprint density at radius 1 is 0.881 bits per heavy atom. The van der Waals surface area contributed by atoms with E-state index in [1.807, 2.05) is 25.1 Å². The van der Waals surface area contributed by atoms with Gasteiger partial charge >= 0.3 is 18.0 Å². The molecule has 218 valence electrons. The predicted molar refractivity (Wildman–Crippen MR) is 157 cm³/mol. The predicted octanol–water partition coefficient (Wildman–Crippen LogP) is 4.51. The van der Waals surface area contributed by atoms with E-state index in [9.17, 15) is 29.1 Å². The van der Waals surface area contributed by atoms with E-state index in [4.69, 9.17) is 0 Å². The molecule has 3 aromatic rings. The number of anilines is 2. The van der Waals surface area contributed by atoms with E-state index in [2.05, 4.69) is 16.0 Å². The highest BCUT2D eigenvalue weighted by atomic mass is 16.4. The summed E-state index contributed by atoms with van der Waals surface area (Å²) >= 11 is 0. The van der Waals surface area contributed by atoms with Crippen molar-refractivity contribution >= 4 is 41.2 Å². The number of aliphatic carboxylic acids is 1. The lowest BCUT2D eigenvalue weighted by atomic mass is 10.0. The van der Waals surface area contributed by atoms with Crippen LogP contribution in [0.15, 0.2) is 78.9 Å². The molecule has 1 saturated heterocycles. The summed E-state index contributed by atoms with van der Waals surface area (Å²) in [4.78, 5) is 65.4. The molecule has 1 heterocycles. The number of amides is 6. The number of urea groups is 2. The van der Waals surface area contributed by atoms with Crippen molar-refractivity contribution in [3.05, 3.63) is 95.6 Å². The number of hydrogen-bond donors (Lipinski definition) is 4. The van der Waals surface area contributed by atoms with Crippen LogP contribution in [0.3, 0.4) is 0 Å². The zero-order valence-electron chi connectivity index (χ0n) is 23.6. The third-order valence-electron chi connectivity index (χ3n) is 7.07. The minimum absolute atomic E-state index is 0.0943. The zero-order valence-corrected chi connectivity index (χ0v) is 23.6. The Kier molecular flexibility index (Phi) is 8.90.